The molecule has 0 saturated carbocycles. The zero-order valence-corrected chi connectivity index (χ0v) is 15.1. The molecule has 2 aliphatic rings. The maximum atomic E-state index is 13.1. The van der Waals surface area contributed by atoms with Gasteiger partial charge in [0.1, 0.15) is 5.54 Å². The molecule has 7 heteroatoms. The fourth-order valence-corrected chi connectivity index (χ4v) is 3.89. The highest BCUT2D eigenvalue weighted by atomic mass is 16.4. The molecule has 140 valence electrons. The first-order valence-corrected chi connectivity index (χ1v) is 9.00. The van der Waals surface area contributed by atoms with E-state index >= 15 is 0 Å². The third-order valence-electron chi connectivity index (χ3n) is 5.13. The van der Waals surface area contributed by atoms with E-state index < -0.39 is 29.5 Å². The Balaban J connectivity index is 1.82. The van der Waals surface area contributed by atoms with Crippen LogP contribution in [0, 0.1) is 5.92 Å². The third-order valence-corrected chi connectivity index (χ3v) is 5.13. The fraction of sp³-hybridized carbons (Fsp3) is 0.526. The number of carboxylic acid groups (broad SMARTS) is 1. The number of benzene rings is 1. The first-order chi connectivity index (χ1) is 12.3. The highest BCUT2D eigenvalue weighted by Gasteiger charge is 2.55. The number of urea groups is 1. The molecule has 7 nitrogen and oxygen atoms in total. The number of aliphatic carboxylic acids is 1. The standard InChI is InChI=1S/C19H25N3O4/c1-13(2)12-21-10-8-19(9-11-21)17(25)22(18(26)20-19)15(16(23)24)14-6-4-3-5-7-14/h3-7,13,15H,8-12H2,1-2H3,(H,20,26)(H,23,24). The van der Waals surface area contributed by atoms with Crippen LogP contribution in [0.4, 0.5) is 4.79 Å². The van der Waals surface area contributed by atoms with Crippen LogP contribution in [-0.2, 0) is 9.59 Å². The van der Waals surface area contributed by atoms with E-state index in [1.807, 2.05) is 0 Å². The van der Waals surface area contributed by atoms with Crippen LogP contribution in [0.25, 0.3) is 0 Å². The lowest BCUT2D eigenvalue weighted by molar-refractivity contribution is -0.148. The molecule has 1 spiro atoms. The van der Waals surface area contributed by atoms with Gasteiger partial charge in [0.2, 0.25) is 0 Å². The molecule has 2 N–H and O–H groups in total. The quantitative estimate of drug-likeness (QED) is 0.783. The largest absolute Gasteiger partial charge is 0.479 e. The van der Waals surface area contributed by atoms with Crippen molar-refractivity contribution in [2.24, 2.45) is 5.92 Å². The number of rotatable bonds is 5. The Labute approximate surface area is 153 Å². The lowest BCUT2D eigenvalue weighted by atomic mass is 9.86. The average molecular weight is 359 g/mol. The zero-order valence-electron chi connectivity index (χ0n) is 15.1. The van der Waals surface area contributed by atoms with Gasteiger partial charge in [0.25, 0.3) is 5.91 Å². The molecule has 2 aliphatic heterocycles. The topological polar surface area (TPSA) is 90.0 Å². The normalized spacial score (nSPS) is 21.3. The smallest absolute Gasteiger partial charge is 0.331 e. The van der Waals surface area contributed by atoms with Crippen molar-refractivity contribution in [1.29, 1.82) is 0 Å². The molecule has 0 aromatic heterocycles. The van der Waals surface area contributed by atoms with Gasteiger partial charge in [-0.3, -0.25) is 4.79 Å². The Morgan fingerprint density at radius 1 is 1.19 bits per heavy atom. The molecule has 0 radical (unpaired) electrons. The van der Waals surface area contributed by atoms with Gasteiger partial charge in [-0.25, -0.2) is 14.5 Å². The van der Waals surface area contributed by atoms with Gasteiger partial charge < -0.3 is 15.3 Å². The second kappa shape index (κ2) is 7.07. The van der Waals surface area contributed by atoms with Crippen molar-refractivity contribution >= 4 is 17.9 Å². The summed E-state index contributed by atoms with van der Waals surface area (Å²) in [5.74, 6) is -1.11. The van der Waals surface area contributed by atoms with Crippen molar-refractivity contribution < 1.29 is 19.5 Å². The minimum absolute atomic E-state index is 0.415. The number of likely N-dealkylation sites (tertiary alicyclic amines) is 1. The third kappa shape index (κ3) is 3.31. The maximum Gasteiger partial charge on any atom is 0.331 e. The monoisotopic (exact) mass is 359 g/mol. The van der Waals surface area contributed by atoms with Gasteiger partial charge in [-0.1, -0.05) is 44.2 Å². The molecule has 2 fully saturated rings. The fourth-order valence-electron chi connectivity index (χ4n) is 3.89. The highest BCUT2D eigenvalue weighted by molar-refractivity contribution is 6.09. The van der Waals surface area contributed by atoms with E-state index in [9.17, 15) is 19.5 Å². The van der Waals surface area contributed by atoms with Crippen molar-refractivity contribution in [3.05, 3.63) is 35.9 Å². The number of nitrogens with one attached hydrogen (secondary N) is 1. The lowest BCUT2D eigenvalue weighted by Crippen LogP contribution is -2.55. The number of carbonyl (C=O) groups excluding carboxylic acids is 2. The summed E-state index contributed by atoms with van der Waals surface area (Å²) in [5, 5.41) is 12.5. The van der Waals surface area contributed by atoms with Crippen LogP contribution < -0.4 is 5.32 Å². The highest BCUT2D eigenvalue weighted by Crippen LogP contribution is 2.34. The molecule has 0 aliphatic carbocycles. The molecule has 1 unspecified atom stereocenters. The first kappa shape index (κ1) is 18.4. The number of imide groups is 1. The Morgan fingerprint density at radius 2 is 1.81 bits per heavy atom. The first-order valence-electron chi connectivity index (χ1n) is 9.00. The Morgan fingerprint density at radius 3 is 2.35 bits per heavy atom. The van der Waals surface area contributed by atoms with Crippen molar-refractivity contribution in [1.82, 2.24) is 15.1 Å². The van der Waals surface area contributed by atoms with Crippen LogP contribution in [0.15, 0.2) is 30.3 Å². The maximum absolute atomic E-state index is 13.1. The lowest BCUT2D eigenvalue weighted by Gasteiger charge is -2.38. The van der Waals surface area contributed by atoms with Crippen LogP contribution in [-0.4, -0.2) is 58.0 Å². The summed E-state index contributed by atoms with van der Waals surface area (Å²) in [7, 11) is 0. The summed E-state index contributed by atoms with van der Waals surface area (Å²) in [5.41, 5.74) is -0.564. The molecule has 0 bridgehead atoms. The molecule has 1 atom stereocenters. The number of piperidine rings is 1. The Hall–Kier alpha value is -2.41. The van der Waals surface area contributed by atoms with Gasteiger partial charge in [0.05, 0.1) is 0 Å². The van der Waals surface area contributed by atoms with Gasteiger partial charge in [-0.15, -0.1) is 0 Å². The van der Waals surface area contributed by atoms with Crippen molar-refractivity contribution in [3.8, 4) is 0 Å². The van der Waals surface area contributed by atoms with E-state index in [-0.39, 0.29) is 0 Å². The second-order valence-corrected chi connectivity index (χ2v) is 7.53. The van der Waals surface area contributed by atoms with Gasteiger partial charge >= 0.3 is 12.0 Å². The van der Waals surface area contributed by atoms with Crippen molar-refractivity contribution in [2.45, 2.75) is 38.3 Å². The van der Waals surface area contributed by atoms with Gasteiger partial charge in [-0.2, -0.15) is 0 Å². The van der Waals surface area contributed by atoms with E-state index in [1.54, 1.807) is 30.3 Å². The number of carbonyl (C=O) groups is 3. The molecular formula is C19H25N3O4. The van der Waals surface area contributed by atoms with E-state index in [4.69, 9.17) is 0 Å². The SMILES string of the molecule is CC(C)CN1CCC2(CC1)NC(=O)N(C(C(=O)O)c1ccccc1)C2=O. The summed E-state index contributed by atoms with van der Waals surface area (Å²) >= 11 is 0. The van der Waals surface area contributed by atoms with Gasteiger partial charge in [0, 0.05) is 19.6 Å². The molecule has 1 aromatic rings. The van der Waals surface area contributed by atoms with Crippen molar-refractivity contribution in [2.75, 3.05) is 19.6 Å². The summed E-state index contributed by atoms with van der Waals surface area (Å²) < 4.78 is 0. The number of hydrogen-bond acceptors (Lipinski definition) is 4. The van der Waals surface area contributed by atoms with Crippen LogP contribution in [0.1, 0.15) is 38.3 Å². The minimum atomic E-state index is -1.31. The zero-order chi connectivity index (χ0) is 18.9. The van der Waals surface area contributed by atoms with Crippen LogP contribution in [0.5, 0.6) is 0 Å². The number of nitrogens with zero attached hydrogens (tertiary/aromatic N) is 2. The predicted molar refractivity (Wildman–Crippen MR) is 95.4 cm³/mol. The van der Waals surface area contributed by atoms with E-state index in [1.165, 1.54) is 0 Å². The van der Waals surface area contributed by atoms with Crippen molar-refractivity contribution in [3.63, 3.8) is 0 Å². The van der Waals surface area contributed by atoms with E-state index in [2.05, 4.69) is 24.1 Å². The molecule has 3 rings (SSSR count). The summed E-state index contributed by atoms with van der Waals surface area (Å²) in [6.45, 7) is 6.66. The van der Waals surface area contributed by atoms with Crippen LogP contribution in [0.3, 0.4) is 0 Å². The average Bonchev–Trinajstić information content (AvgIpc) is 2.82. The summed E-state index contributed by atoms with van der Waals surface area (Å²) in [6.07, 6.45) is 1.00. The molecular weight excluding hydrogens is 334 g/mol. The van der Waals surface area contributed by atoms with Crippen LogP contribution >= 0.6 is 0 Å². The predicted octanol–water partition coefficient (Wildman–Crippen LogP) is 1.85. The number of amides is 3. The molecule has 1 aromatic carbocycles. The molecule has 26 heavy (non-hydrogen) atoms. The van der Waals surface area contributed by atoms with Crippen LogP contribution in [0.2, 0.25) is 0 Å². The minimum Gasteiger partial charge on any atom is -0.479 e. The molecule has 2 heterocycles. The number of carboxylic acids is 1. The molecule has 2 saturated heterocycles. The number of hydrogen-bond donors (Lipinski definition) is 2. The van der Waals surface area contributed by atoms with Gasteiger partial charge in [-0.05, 0) is 24.3 Å². The van der Waals surface area contributed by atoms with E-state index in [0.717, 1.165) is 11.4 Å². The Bertz CT molecular complexity index is 696. The summed E-state index contributed by atoms with van der Waals surface area (Å²) in [4.78, 5) is 40.7. The van der Waals surface area contributed by atoms with E-state index in [0.29, 0.717) is 37.4 Å². The second-order valence-electron chi connectivity index (χ2n) is 7.53. The summed E-state index contributed by atoms with van der Waals surface area (Å²) in [6, 6.07) is 6.47. The molecule has 3 amide bonds. The van der Waals surface area contributed by atoms with Gasteiger partial charge in [0.15, 0.2) is 6.04 Å². The Kier molecular flexibility index (Phi) is 5.00.